The topological polar surface area (TPSA) is 57.2 Å². The lowest BCUT2D eigenvalue weighted by Crippen LogP contribution is -2.40. The monoisotopic (exact) mass is 334 g/mol. The number of pyridine rings is 1. The molecule has 1 aromatic heterocycles. The minimum Gasteiger partial charge on any atom is -0.598 e. The molecule has 1 unspecified atom stereocenters. The third-order valence-electron chi connectivity index (χ3n) is 2.34. The maximum Gasteiger partial charge on any atom is 0.151 e. The predicted octanol–water partition coefficient (Wildman–Crippen LogP) is 2.97. The number of nitrogens with one attached hydrogen (secondary N) is 1. The molecule has 2 atom stereocenters. The van der Waals surface area contributed by atoms with Crippen LogP contribution in [-0.2, 0) is 11.4 Å². The Kier molecular flexibility index (Phi) is 5.46. The van der Waals surface area contributed by atoms with Gasteiger partial charge in [0.05, 0.1) is 18.8 Å². The van der Waals surface area contributed by atoms with Gasteiger partial charge in [-0.3, -0.25) is 0 Å². The molecule has 0 amide bonds. The maximum atomic E-state index is 12.0. The number of hydrogen-bond donors (Lipinski definition) is 1. The lowest BCUT2D eigenvalue weighted by molar-refractivity contribution is 0.409. The van der Waals surface area contributed by atoms with E-state index in [9.17, 15) is 4.55 Å². The second kappa shape index (κ2) is 6.23. The van der Waals surface area contributed by atoms with E-state index in [0.717, 1.165) is 5.69 Å². The van der Waals surface area contributed by atoms with Crippen molar-refractivity contribution in [3.05, 3.63) is 22.4 Å². The van der Waals surface area contributed by atoms with Crippen LogP contribution < -0.4 is 9.46 Å². The molecule has 102 valence electrons. The summed E-state index contributed by atoms with van der Waals surface area (Å²) in [6.07, 6.45) is 0. The number of rotatable bonds is 4. The van der Waals surface area contributed by atoms with Gasteiger partial charge in [0.15, 0.2) is 5.75 Å². The summed E-state index contributed by atoms with van der Waals surface area (Å²) in [6, 6.07) is 3.61. The van der Waals surface area contributed by atoms with Crippen molar-refractivity contribution in [1.82, 2.24) is 9.71 Å². The third kappa shape index (κ3) is 4.12. The Balaban J connectivity index is 2.79. The van der Waals surface area contributed by atoms with Crippen molar-refractivity contribution in [2.45, 2.75) is 38.5 Å². The largest absolute Gasteiger partial charge is 0.598 e. The lowest BCUT2D eigenvalue weighted by atomic mass is 10.2. The molecule has 0 aromatic carbocycles. The quantitative estimate of drug-likeness (QED) is 0.679. The molecule has 0 radical (unpaired) electrons. The van der Waals surface area contributed by atoms with Crippen LogP contribution >= 0.6 is 15.9 Å². The Labute approximate surface area is 120 Å². The minimum absolute atomic E-state index is 0.0905. The van der Waals surface area contributed by atoms with Gasteiger partial charge in [0.1, 0.15) is 9.35 Å². The molecule has 1 heterocycles. The minimum atomic E-state index is -1.12. The number of ether oxygens (including phenoxy) is 1. The summed E-state index contributed by atoms with van der Waals surface area (Å²) in [6.45, 7) is 7.73. The summed E-state index contributed by atoms with van der Waals surface area (Å²) in [5, 5.41) is 0. The molecule has 1 rings (SSSR count). The van der Waals surface area contributed by atoms with Gasteiger partial charge < -0.3 is 9.29 Å². The molecule has 0 fully saturated rings. The highest BCUT2D eigenvalue weighted by atomic mass is 79.9. The van der Waals surface area contributed by atoms with Crippen LogP contribution in [0.3, 0.4) is 0 Å². The van der Waals surface area contributed by atoms with Crippen LogP contribution in [0, 0.1) is 0 Å². The van der Waals surface area contributed by atoms with E-state index >= 15 is 0 Å². The van der Waals surface area contributed by atoms with Crippen molar-refractivity contribution in [3.8, 4) is 5.75 Å². The molecule has 1 N–H and O–H groups in total. The van der Waals surface area contributed by atoms with Crippen molar-refractivity contribution >= 4 is 27.3 Å². The highest BCUT2D eigenvalue weighted by Gasteiger charge is 2.28. The van der Waals surface area contributed by atoms with E-state index in [0.29, 0.717) is 10.4 Å². The van der Waals surface area contributed by atoms with Crippen molar-refractivity contribution in [2.24, 2.45) is 0 Å². The van der Waals surface area contributed by atoms with Gasteiger partial charge in [-0.2, -0.15) is 0 Å². The zero-order valence-electron chi connectivity index (χ0n) is 11.3. The van der Waals surface area contributed by atoms with E-state index in [1.165, 1.54) is 0 Å². The molecule has 0 aliphatic rings. The predicted molar refractivity (Wildman–Crippen MR) is 77.9 cm³/mol. The SMILES string of the molecule is COc1ccc(C(C)N[S@+]([O-])C(C)(C)C)nc1Br. The van der Waals surface area contributed by atoms with Crippen molar-refractivity contribution in [1.29, 1.82) is 0 Å². The first-order chi connectivity index (χ1) is 8.25. The van der Waals surface area contributed by atoms with Gasteiger partial charge in [-0.05, 0) is 55.8 Å². The van der Waals surface area contributed by atoms with Crippen LogP contribution in [0.2, 0.25) is 0 Å². The Morgan fingerprint density at radius 2 is 2.06 bits per heavy atom. The van der Waals surface area contributed by atoms with E-state index in [1.807, 2.05) is 39.8 Å². The number of halogens is 1. The molecular formula is C12H19BrN2O2S. The molecule has 0 aliphatic carbocycles. The van der Waals surface area contributed by atoms with E-state index < -0.39 is 11.4 Å². The third-order valence-corrected chi connectivity index (χ3v) is 4.59. The summed E-state index contributed by atoms with van der Waals surface area (Å²) in [5.74, 6) is 0.683. The number of nitrogens with zero attached hydrogens (tertiary/aromatic N) is 1. The van der Waals surface area contributed by atoms with E-state index in [2.05, 4.69) is 25.6 Å². The number of hydrogen-bond acceptors (Lipinski definition) is 4. The Hall–Kier alpha value is -0.300. The average Bonchev–Trinajstić information content (AvgIpc) is 2.27. The van der Waals surface area contributed by atoms with Crippen LogP contribution in [0.25, 0.3) is 0 Å². The van der Waals surface area contributed by atoms with Gasteiger partial charge >= 0.3 is 0 Å². The molecule has 4 nitrogen and oxygen atoms in total. The van der Waals surface area contributed by atoms with Crippen molar-refractivity contribution in [3.63, 3.8) is 0 Å². The summed E-state index contributed by atoms with van der Waals surface area (Å²) in [7, 11) is 1.60. The van der Waals surface area contributed by atoms with Crippen LogP contribution in [0.5, 0.6) is 5.75 Å². The molecule has 0 saturated heterocycles. The molecule has 0 saturated carbocycles. The molecule has 0 aliphatic heterocycles. The lowest BCUT2D eigenvalue weighted by Gasteiger charge is -2.26. The average molecular weight is 335 g/mol. The highest BCUT2D eigenvalue weighted by Crippen LogP contribution is 2.25. The Bertz CT molecular complexity index is 410. The second-order valence-electron chi connectivity index (χ2n) is 4.95. The summed E-state index contributed by atoms with van der Waals surface area (Å²) in [4.78, 5) is 4.37. The van der Waals surface area contributed by atoms with Crippen molar-refractivity contribution < 1.29 is 9.29 Å². The Morgan fingerprint density at radius 3 is 2.50 bits per heavy atom. The molecular weight excluding hydrogens is 316 g/mol. The van der Waals surface area contributed by atoms with Gasteiger partial charge in [0, 0.05) is 11.4 Å². The van der Waals surface area contributed by atoms with Gasteiger partial charge in [-0.15, -0.1) is 4.72 Å². The van der Waals surface area contributed by atoms with E-state index in [1.54, 1.807) is 7.11 Å². The van der Waals surface area contributed by atoms with Crippen LogP contribution in [0.4, 0.5) is 0 Å². The fourth-order valence-electron chi connectivity index (χ4n) is 1.23. The highest BCUT2D eigenvalue weighted by molar-refractivity contribution is 9.10. The second-order valence-corrected chi connectivity index (χ2v) is 7.70. The van der Waals surface area contributed by atoms with Crippen LogP contribution in [0.1, 0.15) is 39.4 Å². The standard InChI is InChI=1S/C12H19BrN2O2S/c1-8(15-18(16)12(2,3)4)9-6-7-10(17-5)11(13)14-9/h6-8,15H,1-5H3/t8?,18-/m1/s1. The summed E-state index contributed by atoms with van der Waals surface area (Å²) in [5.41, 5.74) is 0.820. The molecule has 0 bridgehead atoms. The van der Waals surface area contributed by atoms with Crippen LogP contribution in [-0.4, -0.2) is 21.4 Å². The molecule has 6 heteroatoms. The fourth-order valence-corrected chi connectivity index (χ4v) is 2.52. The zero-order chi connectivity index (χ0) is 13.9. The van der Waals surface area contributed by atoms with Crippen LogP contribution in [0.15, 0.2) is 16.7 Å². The fraction of sp³-hybridized carbons (Fsp3) is 0.583. The first-order valence-corrected chi connectivity index (χ1v) is 7.58. The number of aromatic nitrogens is 1. The summed E-state index contributed by atoms with van der Waals surface area (Å²) < 4.78 is 20.5. The Morgan fingerprint density at radius 1 is 1.44 bits per heavy atom. The first kappa shape index (κ1) is 15.8. The van der Waals surface area contributed by atoms with Crippen molar-refractivity contribution in [2.75, 3.05) is 7.11 Å². The number of methoxy groups -OCH3 is 1. The maximum absolute atomic E-state index is 12.0. The smallest absolute Gasteiger partial charge is 0.151 e. The summed E-state index contributed by atoms with van der Waals surface area (Å²) >= 11 is 2.22. The van der Waals surface area contributed by atoms with Gasteiger partial charge in [0.25, 0.3) is 0 Å². The van der Waals surface area contributed by atoms with Gasteiger partial charge in [-0.25, -0.2) is 4.98 Å². The van der Waals surface area contributed by atoms with E-state index in [4.69, 9.17) is 4.74 Å². The molecule has 1 aromatic rings. The molecule has 0 spiro atoms. The first-order valence-electron chi connectivity index (χ1n) is 5.64. The van der Waals surface area contributed by atoms with E-state index in [-0.39, 0.29) is 10.8 Å². The van der Waals surface area contributed by atoms with Gasteiger partial charge in [0.2, 0.25) is 0 Å². The van der Waals surface area contributed by atoms with Gasteiger partial charge in [-0.1, -0.05) is 0 Å². The molecule has 18 heavy (non-hydrogen) atoms. The normalized spacial score (nSPS) is 15.3. The zero-order valence-corrected chi connectivity index (χ0v) is 13.7.